The van der Waals surface area contributed by atoms with E-state index in [0.717, 1.165) is 41.1 Å². The molecular weight excluding hydrogens is 474 g/mol. The molecule has 4 rings (SSSR count). The minimum Gasteiger partial charge on any atom is -0.372 e. The van der Waals surface area contributed by atoms with Crippen molar-refractivity contribution in [2.24, 2.45) is 0 Å². The highest BCUT2D eigenvalue weighted by Gasteiger charge is 2.13. The van der Waals surface area contributed by atoms with Crippen LogP contribution in [0.3, 0.4) is 0 Å². The summed E-state index contributed by atoms with van der Waals surface area (Å²) in [5.41, 5.74) is 4.58. The minimum absolute atomic E-state index is 0.284. The van der Waals surface area contributed by atoms with Crippen molar-refractivity contribution in [3.8, 4) is 11.3 Å². The minimum atomic E-state index is -0.284. The predicted octanol–water partition coefficient (Wildman–Crippen LogP) is 5.21. The molecule has 2 aromatic carbocycles. The number of carbonyl (C=O) groups excluding carboxylic acids is 1. The van der Waals surface area contributed by atoms with E-state index in [1.807, 2.05) is 69.7 Å². The van der Waals surface area contributed by atoms with Gasteiger partial charge in [0.1, 0.15) is 5.52 Å². The molecule has 0 radical (unpaired) electrons. The maximum absolute atomic E-state index is 12.1. The third-order valence-corrected chi connectivity index (χ3v) is 5.82. The molecular formula is C27H28ClN7O. The largest absolute Gasteiger partial charge is 0.372 e. The molecule has 0 aliphatic rings. The number of rotatable bonds is 9. The Balaban J connectivity index is 1.67. The number of likely N-dealkylation sites (N-methyl/N-ethyl adjacent to an activating group) is 2. The summed E-state index contributed by atoms with van der Waals surface area (Å²) >= 11 is 6.20. The van der Waals surface area contributed by atoms with E-state index in [0.29, 0.717) is 22.2 Å². The molecule has 0 aliphatic carbocycles. The van der Waals surface area contributed by atoms with E-state index < -0.39 is 0 Å². The van der Waals surface area contributed by atoms with Gasteiger partial charge in [0, 0.05) is 54.2 Å². The van der Waals surface area contributed by atoms with Gasteiger partial charge in [0.05, 0.1) is 17.1 Å². The quantitative estimate of drug-likeness (QED) is 0.304. The number of nitrogens with zero attached hydrogens (tertiary/aromatic N) is 5. The molecule has 0 bridgehead atoms. The number of halogens is 1. The van der Waals surface area contributed by atoms with Crippen LogP contribution >= 0.6 is 11.6 Å². The Morgan fingerprint density at radius 2 is 1.92 bits per heavy atom. The third kappa shape index (κ3) is 5.97. The zero-order valence-corrected chi connectivity index (χ0v) is 21.3. The Labute approximate surface area is 215 Å². The van der Waals surface area contributed by atoms with Gasteiger partial charge in [0.2, 0.25) is 11.9 Å². The molecule has 1 amide bonds. The molecule has 2 N–H and O–H groups in total. The van der Waals surface area contributed by atoms with E-state index in [1.165, 1.54) is 6.08 Å². The number of nitrogens with one attached hydrogen (secondary N) is 2. The molecule has 0 spiro atoms. The second-order valence-electron chi connectivity index (χ2n) is 8.58. The van der Waals surface area contributed by atoms with Crippen molar-refractivity contribution < 1.29 is 4.79 Å². The van der Waals surface area contributed by atoms with E-state index in [4.69, 9.17) is 16.6 Å². The molecule has 0 aliphatic heterocycles. The number of carbonyl (C=O) groups is 1. The molecule has 2 aromatic heterocycles. The van der Waals surface area contributed by atoms with Crippen molar-refractivity contribution in [1.29, 1.82) is 0 Å². The van der Waals surface area contributed by atoms with Crippen LogP contribution in [0.4, 0.5) is 23.0 Å². The summed E-state index contributed by atoms with van der Waals surface area (Å²) in [5.74, 6) is 0.127. The van der Waals surface area contributed by atoms with Gasteiger partial charge >= 0.3 is 0 Å². The molecule has 8 nitrogen and oxygen atoms in total. The average molecular weight is 502 g/mol. The number of pyridine rings is 1. The van der Waals surface area contributed by atoms with E-state index in [-0.39, 0.29) is 5.91 Å². The molecule has 4 aromatic rings. The van der Waals surface area contributed by atoms with Gasteiger partial charge in [-0.1, -0.05) is 30.3 Å². The Kier molecular flexibility index (Phi) is 7.77. The maximum Gasteiger partial charge on any atom is 0.247 e. The van der Waals surface area contributed by atoms with E-state index >= 15 is 0 Å². The fourth-order valence-corrected chi connectivity index (χ4v) is 3.88. The zero-order chi connectivity index (χ0) is 25.7. The van der Waals surface area contributed by atoms with Gasteiger partial charge in [-0.15, -0.1) is 0 Å². The van der Waals surface area contributed by atoms with Crippen LogP contribution in [0.25, 0.3) is 22.2 Å². The number of hydrogen-bond donors (Lipinski definition) is 2. The molecule has 0 unspecified atom stereocenters. The van der Waals surface area contributed by atoms with Gasteiger partial charge in [-0.25, -0.2) is 9.97 Å². The van der Waals surface area contributed by atoms with Crippen molar-refractivity contribution in [2.45, 2.75) is 0 Å². The smallest absolute Gasteiger partial charge is 0.247 e. The number of aromatic nitrogens is 3. The van der Waals surface area contributed by atoms with Crippen molar-refractivity contribution in [3.05, 3.63) is 78.6 Å². The molecule has 0 atom stereocenters. The number of benzene rings is 2. The fourth-order valence-electron chi connectivity index (χ4n) is 3.69. The summed E-state index contributed by atoms with van der Waals surface area (Å²) < 4.78 is 0. The monoisotopic (exact) mass is 501 g/mol. The highest BCUT2D eigenvalue weighted by molar-refractivity contribution is 6.30. The Bertz CT molecular complexity index is 1410. The van der Waals surface area contributed by atoms with Crippen LogP contribution in [-0.2, 0) is 4.79 Å². The number of fused-ring (bicyclic) bond motifs is 1. The second kappa shape index (κ2) is 11.2. The average Bonchev–Trinajstić information content (AvgIpc) is 2.87. The van der Waals surface area contributed by atoms with E-state index in [2.05, 4.69) is 37.0 Å². The number of anilines is 4. The lowest BCUT2D eigenvalue weighted by atomic mass is 10.1. The summed E-state index contributed by atoms with van der Waals surface area (Å²) in [6.45, 7) is 5.24. The highest BCUT2D eigenvalue weighted by atomic mass is 35.5. The Hall–Kier alpha value is -4.01. The van der Waals surface area contributed by atoms with Crippen LogP contribution in [0.1, 0.15) is 0 Å². The fraction of sp³-hybridized carbons (Fsp3) is 0.185. The first-order valence-electron chi connectivity index (χ1n) is 11.4. The standard InChI is InChI=1S/C27H28ClN7O/c1-5-24(36)32-22-16-21(9-10-23(22)35(4)14-13-34(2)3)31-27-30-17-19-11-12-29-25(26(19)33-27)18-7-6-8-20(28)15-18/h5-12,15-17H,1,13-14H2,2-4H3,(H,32,36)(H,30,31,33). The van der Waals surface area contributed by atoms with Crippen LogP contribution in [0, 0.1) is 0 Å². The third-order valence-electron chi connectivity index (χ3n) is 5.59. The molecule has 0 fully saturated rings. The summed E-state index contributed by atoms with van der Waals surface area (Å²) in [7, 11) is 6.04. The molecule has 0 saturated carbocycles. The van der Waals surface area contributed by atoms with Crippen LogP contribution in [0.2, 0.25) is 5.02 Å². The zero-order valence-electron chi connectivity index (χ0n) is 20.5. The predicted molar refractivity (Wildman–Crippen MR) is 148 cm³/mol. The molecule has 9 heteroatoms. The van der Waals surface area contributed by atoms with Crippen LogP contribution < -0.4 is 15.5 Å². The van der Waals surface area contributed by atoms with Crippen molar-refractivity contribution >= 4 is 51.4 Å². The van der Waals surface area contributed by atoms with Gasteiger partial charge < -0.3 is 20.4 Å². The summed E-state index contributed by atoms with van der Waals surface area (Å²) in [6.07, 6.45) is 4.74. The van der Waals surface area contributed by atoms with Crippen molar-refractivity contribution in [2.75, 3.05) is 49.8 Å². The van der Waals surface area contributed by atoms with E-state index in [1.54, 1.807) is 12.4 Å². The topological polar surface area (TPSA) is 86.3 Å². The van der Waals surface area contributed by atoms with E-state index in [9.17, 15) is 4.79 Å². The first-order valence-corrected chi connectivity index (χ1v) is 11.8. The lowest BCUT2D eigenvalue weighted by Crippen LogP contribution is -2.29. The van der Waals surface area contributed by atoms with Gasteiger partial charge in [0.15, 0.2) is 0 Å². The first kappa shape index (κ1) is 25.1. The molecule has 2 heterocycles. The maximum atomic E-state index is 12.1. The second-order valence-corrected chi connectivity index (χ2v) is 9.01. The SMILES string of the molecule is C=CC(=O)Nc1cc(Nc2ncc3ccnc(-c4cccc(Cl)c4)c3n2)ccc1N(C)CCN(C)C. The summed E-state index contributed by atoms with van der Waals surface area (Å²) in [5, 5.41) is 7.65. The number of hydrogen-bond acceptors (Lipinski definition) is 7. The summed E-state index contributed by atoms with van der Waals surface area (Å²) in [6, 6.07) is 15.1. The van der Waals surface area contributed by atoms with Gasteiger partial charge in [-0.3, -0.25) is 9.78 Å². The van der Waals surface area contributed by atoms with Crippen molar-refractivity contribution in [1.82, 2.24) is 19.9 Å². The number of amides is 1. The lowest BCUT2D eigenvalue weighted by Gasteiger charge is -2.24. The summed E-state index contributed by atoms with van der Waals surface area (Å²) in [4.78, 5) is 30.1. The highest BCUT2D eigenvalue weighted by Crippen LogP contribution is 2.31. The molecule has 36 heavy (non-hydrogen) atoms. The molecule has 184 valence electrons. The van der Waals surface area contributed by atoms with Gasteiger partial charge in [-0.05, 0) is 56.6 Å². The first-order chi connectivity index (χ1) is 17.3. The van der Waals surface area contributed by atoms with Crippen LogP contribution in [0.15, 0.2) is 73.6 Å². The Morgan fingerprint density at radius 1 is 1.08 bits per heavy atom. The normalized spacial score (nSPS) is 10.9. The molecule has 0 saturated heterocycles. The Morgan fingerprint density at radius 3 is 2.67 bits per heavy atom. The van der Waals surface area contributed by atoms with Crippen molar-refractivity contribution in [3.63, 3.8) is 0 Å². The lowest BCUT2D eigenvalue weighted by molar-refractivity contribution is -0.111. The van der Waals surface area contributed by atoms with Crippen LogP contribution in [0.5, 0.6) is 0 Å². The van der Waals surface area contributed by atoms with Gasteiger partial charge in [0.25, 0.3) is 0 Å². The van der Waals surface area contributed by atoms with Gasteiger partial charge in [-0.2, -0.15) is 0 Å². The van der Waals surface area contributed by atoms with Crippen LogP contribution in [-0.4, -0.2) is 60.0 Å².